The first-order valence-corrected chi connectivity index (χ1v) is 5.67. The molecule has 0 saturated carbocycles. The third-order valence-electron chi connectivity index (χ3n) is 2.44. The number of fused-ring (bicyclic) bond motifs is 1. The number of amides is 1. The minimum absolute atomic E-state index is 0.143. The van der Waals surface area contributed by atoms with E-state index in [-0.39, 0.29) is 23.3 Å². The SMILES string of the molecule is COCC1=NC(=O)C2C(=N1)SC(C(=O)O)=C2C. The molecule has 0 bridgehead atoms. The van der Waals surface area contributed by atoms with Crippen LogP contribution in [0.2, 0.25) is 0 Å². The summed E-state index contributed by atoms with van der Waals surface area (Å²) >= 11 is 1.02. The smallest absolute Gasteiger partial charge is 0.342 e. The fourth-order valence-corrected chi connectivity index (χ4v) is 2.81. The van der Waals surface area contributed by atoms with Crippen molar-refractivity contribution in [2.75, 3.05) is 13.7 Å². The lowest BCUT2D eigenvalue weighted by molar-refractivity contribution is -0.131. The zero-order valence-electron chi connectivity index (χ0n) is 9.26. The second-order valence-electron chi connectivity index (χ2n) is 3.60. The molecule has 6 nitrogen and oxygen atoms in total. The van der Waals surface area contributed by atoms with Crippen LogP contribution >= 0.6 is 11.8 Å². The van der Waals surface area contributed by atoms with Crippen molar-refractivity contribution in [3.8, 4) is 0 Å². The van der Waals surface area contributed by atoms with Gasteiger partial charge >= 0.3 is 5.97 Å². The molecule has 0 fully saturated rings. The van der Waals surface area contributed by atoms with Crippen LogP contribution in [0, 0.1) is 5.92 Å². The van der Waals surface area contributed by atoms with Gasteiger partial charge in [-0.15, -0.1) is 0 Å². The van der Waals surface area contributed by atoms with Crippen LogP contribution in [0.3, 0.4) is 0 Å². The summed E-state index contributed by atoms with van der Waals surface area (Å²) in [6.45, 7) is 1.77. The maximum Gasteiger partial charge on any atom is 0.342 e. The molecule has 0 spiro atoms. The van der Waals surface area contributed by atoms with Gasteiger partial charge in [0, 0.05) is 7.11 Å². The van der Waals surface area contributed by atoms with Crippen LogP contribution in [0.15, 0.2) is 20.5 Å². The molecule has 2 aliphatic heterocycles. The number of hydrogen-bond acceptors (Lipinski definition) is 5. The van der Waals surface area contributed by atoms with Gasteiger partial charge in [0.25, 0.3) is 5.91 Å². The lowest BCUT2D eigenvalue weighted by atomic mass is 10.00. The first kappa shape index (κ1) is 12.0. The van der Waals surface area contributed by atoms with Crippen molar-refractivity contribution in [3.05, 3.63) is 10.5 Å². The summed E-state index contributed by atoms with van der Waals surface area (Å²) in [6.07, 6.45) is 0. The summed E-state index contributed by atoms with van der Waals surface area (Å²) in [4.78, 5) is 30.8. The van der Waals surface area contributed by atoms with Crippen molar-refractivity contribution in [3.63, 3.8) is 0 Å². The molecule has 1 unspecified atom stereocenters. The first-order valence-electron chi connectivity index (χ1n) is 4.85. The van der Waals surface area contributed by atoms with E-state index in [9.17, 15) is 9.59 Å². The molecule has 7 heteroatoms. The Bertz CT molecular complexity index is 493. The summed E-state index contributed by atoms with van der Waals surface area (Å²) in [7, 11) is 1.48. The van der Waals surface area contributed by atoms with Crippen LogP contribution in [0.1, 0.15) is 6.92 Å². The maximum atomic E-state index is 11.8. The van der Waals surface area contributed by atoms with Crippen LogP contribution < -0.4 is 0 Å². The number of aliphatic imine (C=N–C) groups is 2. The van der Waals surface area contributed by atoms with Crippen LogP contribution in [0.4, 0.5) is 0 Å². The summed E-state index contributed by atoms with van der Waals surface area (Å²) in [5.74, 6) is -1.74. The van der Waals surface area contributed by atoms with Gasteiger partial charge in [-0.1, -0.05) is 11.8 Å². The van der Waals surface area contributed by atoms with E-state index >= 15 is 0 Å². The average molecular weight is 254 g/mol. The van der Waals surface area contributed by atoms with Crippen molar-refractivity contribution >= 4 is 34.5 Å². The highest BCUT2D eigenvalue weighted by Gasteiger charge is 2.40. The van der Waals surface area contributed by atoms with Crippen LogP contribution in [0.5, 0.6) is 0 Å². The molecular formula is C10H10N2O4S. The lowest BCUT2D eigenvalue weighted by Crippen LogP contribution is -2.26. The van der Waals surface area contributed by atoms with E-state index in [4.69, 9.17) is 9.84 Å². The number of carboxylic acids is 1. The molecule has 17 heavy (non-hydrogen) atoms. The summed E-state index contributed by atoms with van der Waals surface area (Å²) in [6, 6.07) is 0. The highest BCUT2D eigenvalue weighted by Crippen LogP contribution is 2.40. The monoisotopic (exact) mass is 254 g/mol. The third kappa shape index (κ3) is 2.03. The second kappa shape index (κ2) is 4.42. The van der Waals surface area contributed by atoms with E-state index in [0.717, 1.165) is 11.8 Å². The summed E-state index contributed by atoms with van der Waals surface area (Å²) in [5.41, 5.74) is 0.506. The van der Waals surface area contributed by atoms with Gasteiger partial charge in [0.05, 0.1) is 9.95 Å². The molecule has 0 radical (unpaired) electrons. The number of carbonyl (C=O) groups excluding carboxylic acids is 1. The molecule has 1 N–H and O–H groups in total. The number of aliphatic carboxylic acids is 1. The molecule has 0 aromatic heterocycles. The normalized spacial score (nSPS) is 23.4. The number of hydrogen-bond donors (Lipinski definition) is 1. The van der Waals surface area contributed by atoms with Gasteiger partial charge in [-0.2, -0.15) is 4.99 Å². The highest BCUT2D eigenvalue weighted by atomic mass is 32.2. The van der Waals surface area contributed by atoms with Crippen molar-refractivity contribution in [2.24, 2.45) is 15.9 Å². The zero-order valence-corrected chi connectivity index (χ0v) is 10.1. The number of nitrogens with zero attached hydrogens (tertiary/aromatic N) is 2. The molecule has 1 amide bonds. The number of methoxy groups -OCH3 is 1. The molecule has 0 saturated heterocycles. The van der Waals surface area contributed by atoms with Crippen LogP contribution in [-0.4, -0.2) is 41.6 Å². The van der Waals surface area contributed by atoms with Gasteiger partial charge in [-0.05, 0) is 12.5 Å². The van der Waals surface area contributed by atoms with Gasteiger partial charge in [0.2, 0.25) is 0 Å². The molecule has 2 rings (SSSR count). The predicted octanol–water partition coefficient (Wildman–Crippen LogP) is 0.692. The predicted molar refractivity (Wildman–Crippen MR) is 63.2 cm³/mol. The number of carbonyl (C=O) groups is 2. The number of thioether (sulfide) groups is 1. The Morgan fingerprint density at radius 1 is 1.53 bits per heavy atom. The third-order valence-corrected chi connectivity index (χ3v) is 3.67. The van der Waals surface area contributed by atoms with Crippen molar-refractivity contribution in [2.45, 2.75) is 6.92 Å². The standard InChI is InChI=1S/C10H10N2O4S/c1-4-6-8(13)11-5(3-16-2)12-9(6)17-7(4)10(14)15/h6H,3H2,1-2H3,(H,14,15). The Morgan fingerprint density at radius 3 is 2.82 bits per heavy atom. The summed E-state index contributed by atoms with van der Waals surface area (Å²) in [5, 5.41) is 9.46. The van der Waals surface area contributed by atoms with Crippen molar-refractivity contribution < 1.29 is 19.4 Å². The number of amidine groups is 1. The van der Waals surface area contributed by atoms with E-state index in [1.165, 1.54) is 7.11 Å². The molecule has 90 valence electrons. The molecule has 1 atom stereocenters. The first-order chi connectivity index (χ1) is 8.04. The lowest BCUT2D eigenvalue weighted by Gasteiger charge is -2.13. The van der Waals surface area contributed by atoms with E-state index in [2.05, 4.69) is 9.98 Å². The second-order valence-corrected chi connectivity index (χ2v) is 4.63. The van der Waals surface area contributed by atoms with E-state index in [1.807, 2.05) is 0 Å². The van der Waals surface area contributed by atoms with E-state index < -0.39 is 11.9 Å². The van der Waals surface area contributed by atoms with Gasteiger partial charge in [0.1, 0.15) is 12.5 Å². The van der Waals surface area contributed by atoms with Crippen LogP contribution in [0.25, 0.3) is 0 Å². The molecule has 2 heterocycles. The van der Waals surface area contributed by atoms with Gasteiger partial charge in [0.15, 0.2) is 5.84 Å². The number of rotatable bonds is 3. The van der Waals surface area contributed by atoms with Crippen molar-refractivity contribution in [1.29, 1.82) is 0 Å². The highest BCUT2D eigenvalue weighted by molar-refractivity contribution is 8.18. The maximum absolute atomic E-state index is 11.8. The number of carboxylic acid groups (broad SMARTS) is 1. The Kier molecular flexibility index (Phi) is 3.12. The topological polar surface area (TPSA) is 88.3 Å². The quantitative estimate of drug-likeness (QED) is 0.800. The largest absolute Gasteiger partial charge is 0.477 e. The average Bonchev–Trinajstić information content (AvgIpc) is 2.56. The Morgan fingerprint density at radius 2 is 2.24 bits per heavy atom. The van der Waals surface area contributed by atoms with E-state index in [1.54, 1.807) is 6.92 Å². The Labute approximate surface area is 101 Å². The zero-order chi connectivity index (χ0) is 12.6. The minimum Gasteiger partial charge on any atom is -0.477 e. The molecule has 0 aromatic carbocycles. The van der Waals surface area contributed by atoms with Gasteiger partial charge in [-0.25, -0.2) is 9.79 Å². The number of ether oxygens (including phenoxy) is 1. The summed E-state index contributed by atoms with van der Waals surface area (Å²) < 4.78 is 4.85. The van der Waals surface area contributed by atoms with E-state index in [0.29, 0.717) is 10.6 Å². The Hall–Kier alpha value is -1.47. The van der Waals surface area contributed by atoms with Crippen molar-refractivity contribution in [1.82, 2.24) is 0 Å². The van der Waals surface area contributed by atoms with Gasteiger partial charge in [-0.3, -0.25) is 4.79 Å². The Balaban J connectivity index is 2.34. The molecule has 0 aromatic rings. The van der Waals surface area contributed by atoms with Crippen LogP contribution in [-0.2, 0) is 14.3 Å². The molecular weight excluding hydrogens is 244 g/mol. The molecule has 2 aliphatic rings. The van der Waals surface area contributed by atoms with Gasteiger partial charge < -0.3 is 9.84 Å². The fraction of sp³-hybridized carbons (Fsp3) is 0.400. The minimum atomic E-state index is -1.04. The molecule has 0 aliphatic carbocycles. The fourth-order valence-electron chi connectivity index (χ4n) is 1.69.